The molecule has 0 aliphatic heterocycles. The molecule has 0 fully saturated rings. The van der Waals surface area contributed by atoms with Gasteiger partial charge in [0.1, 0.15) is 0 Å². The minimum atomic E-state index is -0.491. The Hall–Kier alpha value is -2.15. The van der Waals surface area contributed by atoms with E-state index in [9.17, 15) is 4.79 Å². The van der Waals surface area contributed by atoms with E-state index in [1.54, 1.807) is 29.5 Å². The van der Waals surface area contributed by atoms with E-state index in [4.69, 9.17) is 33.7 Å². The number of hydrogen-bond acceptors (Lipinski definition) is 5. The van der Waals surface area contributed by atoms with Crippen molar-refractivity contribution in [1.29, 1.82) is 0 Å². The fraction of sp³-hybridized carbons (Fsp3) is 0.235. The largest absolute Gasteiger partial charge is 0.461 e. The number of ether oxygens (including phenoxy) is 1. The Morgan fingerprint density at radius 1 is 1.36 bits per heavy atom. The molecule has 0 amide bonds. The van der Waals surface area contributed by atoms with Crippen molar-refractivity contribution >= 4 is 34.9 Å². The second-order valence-corrected chi connectivity index (χ2v) is 6.20. The third-order valence-electron chi connectivity index (χ3n) is 3.83. The molecule has 8 heteroatoms. The maximum Gasteiger partial charge on any atom is 0.357 e. The fourth-order valence-corrected chi connectivity index (χ4v) is 3.22. The van der Waals surface area contributed by atoms with Crippen LogP contribution in [0.5, 0.6) is 0 Å². The number of aryl methyl sites for hydroxylation is 1. The Morgan fingerprint density at radius 3 is 2.76 bits per heavy atom. The van der Waals surface area contributed by atoms with Crippen LogP contribution in [-0.2, 0) is 11.3 Å². The number of carbonyl (C=O) groups is 1. The molecule has 2 aromatic heterocycles. The molecule has 3 aromatic rings. The van der Waals surface area contributed by atoms with Crippen LogP contribution in [0.4, 0.5) is 0 Å². The summed E-state index contributed by atoms with van der Waals surface area (Å²) in [5.41, 5.74) is 9.05. The van der Waals surface area contributed by atoms with Crippen molar-refractivity contribution in [3.05, 3.63) is 51.4 Å². The molecule has 0 saturated heterocycles. The number of aromatic nitrogens is 3. The van der Waals surface area contributed by atoms with E-state index in [0.717, 1.165) is 11.3 Å². The van der Waals surface area contributed by atoms with Gasteiger partial charge in [-0.1, -0.05) is 23.2 Å². The van der Waals surface area contributed by atoms with Gasteiger partial charge in [0.05, 0.1) is 23.5 Å². The van der Waals surface area contributed by atoms with Gasteiger partial charge in [0, 0.05) is 28.4 Å². The summed E-state index contributed by atoms with van der Waals surface area (Å²) in [5.74, 6) is -0.117. The lowest BCUT2D eigenvalue weighted by atomic mass is 10.0. The highest BCUT2D eigenvalue weighted by Crippen LogP contribution is 2.34. The number of imidazole rings is 1. The van der Waals surface area contributed by atoms with E-state index in [1.165, 1.54) is 6.20 Å². The SMILES string of the molecule is CCOC(=O)c1cnc2nc(C)c(CN)c(-c3ccc(Cl)cc3Cl)n12. The summed E-state index contributed by atoms with van der Waals surface area (Å²) >= 11 is 12.4. The van der Waals surface area contributed by atoms with Crippen molar-refractivity contribution in [2.75, 3.05) is 6.61 Å². The topological polar surface area (TPSA) is 82.5 Å². The summed E-state index contributed by atoms with van der Waals surface area (Å²) < 4.78 is 6.75. The lowest BCUT2D eigenvalue weighted by molar-refractivity contribution is 0.0518. The molecule has 1 aromatic carbocycles. The Morgan fingerprint density at radius 2 is 2.12 bits per heavy atom. The van der Waals surface area contributed by atoms with Gasteiger partial charge in [-0.2, -0.15) is 0 Å². The summed E-state index contributed by atoms with van der Waals surface area (Å²) in [4.78, 5) is 21.0. The summed E-state index contributed by atoms with van der Waals surface area (Å²) in [6.45, 7) is 4.07. The first-order valence-corrected chi connectivity index (χ1v) is 8.43. The highest BCUT2D eigenvalue weighted by molar-refractivity contribution is 6.36. The molecule has 0 aliphatic carbocycles. The normalized spacial score (nSPS) is 11.1. The van der Waals surface area contributed by atoms with Crippen LogP contribution in [0.1, 0.15) is 28.7 Å². The summed E-state index contributed by atoms with van der Waals surface area (Å²) in [7, 11) is 0. The number of nitrogens with two attached hydrogens (primary N) is 1. The Labute approximate surface area is 154 Å². The lowest BCUT2D eigenvalue weighted by Crippen LogP contribution is -2.14. The number of rotatable bonds is 4. The van der Waals surface area contributed by atoms with Gasteiger partial charge in [-0.3, -0.25) is 4.40 Å². The third-order valence-corrected chi connectivity index (χ3v) is 4.38. The Balaban J connectivity index is 2.41. The molecule has 0 saturated carbocycles. The Kier molecular flexibility index (Phi) is 4.94. The lowest BCUT2D eigenvalue weighted by Gasteiger charge is -2.16. The average Bonchev–Trinajstić information content (AvgIpc) is 2.97. The van der Waals surface area contributed by atoms with Crippen LogP contribution in [0.15, 0.2) is 24.4 Å². The van der Waals surface area contributed by atoms with Crippen LogP contribution in [0.25, 0.3) is 17.0 Å². The van der Waals surface area contributed by atoms with Crippen LogP contribution in [0, 0.1) is 6.92 Å². The standard InChI is InChI=1S/C17H16Cl2N4O2/c1-3-25-16(24)14-8-21-17-22-9(2)12(7-20)15(23(14)17)11-5-4-10(18)6-13(11)19/h4-6,8H,3,7,20H2,1-2H3. The number of benzene rings is 1. The van der Waals surface area contributed by atoms with Crippen molar-refractivity contribution < 1.29 is 9.53 Å². The van der Waals surface area contributed by atoms with E-state index >= 15 is 0 Å². The first kappa shape index (κ1) is 17.7. The molecule has 0 spiro atoms. The summed E-state index contributed by atoms with van der Waals surface area (Å²) in [6.07, 6.45) is 1.44. The number of hydrogen-bond donors (Lipinski definition) is 1. The predicted octanol–water partition coefficient (Wildman–Crippen LogP) is 3.65. The van der Waals surface area contributed by atoms with Gasteiger partial charge in [0.25, 0.3) is 0 Å². The fourth-order valence-electron chi connectivity index (χ4n) is 2.72. The molecular weight excluding hydrogens is 363 g/mol. The molecule has 25 heavy (non-hydrogen) atoms. The van der Waals surface area contributed by atoms with E-state index in [2.05, 4.69) is 9.97 Å². The molecule has 0 atom stereocenters. The van der Waals surface area contributed by atoms with E-state index in [1.807, 2.05) is 6.92 Å². The van der Waals surface area contributed by atoms with E-state index in [0.29, 0.717) is 27.1 Å². The number of carbonyl (C=O) groups excluding carboxylic acids is 1. The highest BCUT2D eigenvalue weighted by Gasteiger charge is 2.22. The second-order valence-electron chi connectivity index (χ2n) is 5.35. The van der Waals surface area contributed by atoms with Gasteiger partial charge in [0.2, 0.25) is 5.78 Å². The van der Waals surface area contributed by atoms with Crippen molar-refractivity contribution in [3.8, 4) is 11.3 Å². The smallest absolute Gasteiger partial charge is 0.357 e. The van der Waals surface area contributed by atoms with Crippen molar-refractivity contribution in [1.82, 2.24) is 14.4 Å². The number of nitrogens with zero attached hydrogens (tertiary/aromatic N) is 3. The molecule has 2 heterocycles. The van der Waals surface area contributed by atoms with Crippen LogP contribution in [0.3, 0.4) is 0 Å². The maximum absolute atomic E-state index is 12.3. The molecule has 0 aliphatic rings. The van der Waals surface area contributed by atoms with E-state index in [-0.39, 0.29) is 18.8 Å². The molecule has 2 N–H and O–H groups in total. The zero-order valence-corrected chi connectivity index (χ0v) is 15.2. The molecule has 3 rings (SSSR count). The highest BCUT2D eigenvalue weighted by atomic mass is 35.5. The van der Waals surface area contributed by atoms with Crippen molar-refractivity contribution in [2.24, 2.45) is 5.73 Å². The average molecular weight is 379 g/mol. The van der Waals surface area contributed by atoms with Gasteiger partial charge in [-0.25, -0.2) is 14.8 Å². The van der Waals surface area contributed by atoms with Gasteiger partial charge < -0.3 is 10.5 Å². The zero-order valence-electron chi connectivity index (χ0n) is 13.7. The molecule has 130 valence electrons. The zero-order chi connectivity index (χ0) is 18.1. The number of esters is 1. The molecule has 0 radical (unpaired) electrons. The predicted molar refractivity (Wildman–Crippen MR) is 97.0 cm³/mol. The van der Waals surface area contributed by atoms with Gasteiger partial charge >= 0.3 is 5.97 Å². The number of fused-ring (bicyclic) bond motifs is 1. The van der Waals surface area contributed by atoms with Crippen molar-refractivity contribution in [2.45, 2.75) is 20.4 Å². The van der Waals surface area contributed by atoms with Crippen LogP contribution in [0.2, 0.25) is 10.0 Å². The van der Waals surface area contributed by atoms with Crippen LogP contribution >= 0.6 is 23.2 Å². The van der Waals surface area contributed by atoms with Crippen LogP contribution in [-0.4, -0.2) is 26.9 Å². The van der Waals surface area contributed by atoms with E-state index < -0.39 is 5.97 Å². The minimum Gasteiger partial charge on any atom is -0.461 e. The quantitative estimate of drug-likeness (QED) is 0.700. The minimum absolute atomic E-state index is 0.226. The third kappa shape index (κ3) is 3.08. The van der Waals surface area contributed by atoms with Crippen LogP contribution < -0.4 is 5.73 Å². The second kappa shape index (κ2) is 7.00. The maximum atomic E-state index is 12.3. The molecule has 0 bridgehead atoms. The Bertz CT molecular complexity index is 969. The summed E-state index contributed by atoms with van der Waals surface area (Å²) in [6, 6.07) is 5.15. The first-order chi connectivity index (χ1) is 12.0. The summed E-state index contributed by atoms with van der Waals surface area (Å²) in [5, 5.41) is 0.957. The number of halogens is 2. The monoisotopic (exact) mass is 378 g/mol. The molecular formula is C17H16Cl2N4O2. The molecule has 0 unspecified atom stereocenters. The van der Waals surface area contributed by atoms with Gasteiger partial charge in [0.15, 0.2) is 5.69 Å². The van der Waals surface area contributed by atoms with Gasteiger partial charge in [-0.05, 0) is 32.0 Å². The van der Waals surface area contributed by atoms with Crippen molar-refractivity contribution in [3.63, 3.8) is 0 Å². The first-order valence-electron chi connectivity index (χ1n) is 7.67. The van der Waals surface area contributed by atoms with Gasteiger partial charge in [-0.15, -0.1) is 0 Å². The molecule has 6 nitrogen and oxygen atoms in total.